The second-order valence-corrected chi connectivity index (χ2v) is 8.51. The van der Waals surface area contributed by atoms with Gasteiger partial charge in [0, 0.05) is 4.88 Å². The average Bonchev–Trinajstić information content (AvgIpc) is 3.51. The highest BCUT2D eigenvalue weighted by Crippen LogP contribution is 2.48. The van der Waals surface area contributed by atoms with Crippen molar-refractivity contribution in [3.05, 3.63) is 77.0 Å². The van der Waals surface area contributed by atoms with E-state index in [1.54, 1.807) is 40.7 Å². The summed E-state index contributed by atoms with van der Waals surface area (Å²) in [5, 5.41) is 3.69. The van der Waals surface area contributed by atoms with Crippen LogP contribution in [0.25, 0.3) is 0 Å². The van der Waals surface area contributed by atoms with Crippen LogP contribution in [0.1, 0.15) is 24.3 Å². The first-order valence-electron chi connectivity index (χ1n) is 10.3. The summed E-state index contributed by atoms with van der Waals surface area (Å²) in [5.41, 5.74) is 1.35. The molecule has 0 saturated carbocycles. The largest absolute Gasteiger partial charge is 0.494 e. The lowest BCUT2D eigenvalue weighted by molar-refractivity contribution is -0.126. The Bertz CT molecular complexity index is 1070. The minimum absolute atomic E-state index is 0.242. The molecule has 0 radical (unpaired) electrons. The van der Waals surface area contributed by atoms with Crippen LogP contribution in [0.2, 0.25) is 0 Å². The van der Waals surface area contributed by atoms with E-state index in [0.29, 0.717) is 18.0 Å². The summed E-state index contributed by atoms with van der Waals surface area (Å²) in [4.78, 5) is 35.1. The minimum Gasteiger partial charge on any atom is -0.494 e. The maximum Gasteiger partial charge on any atom is 0.266 e. The Morgan fingerprint density at radius 2 is 1.71 bits per heavy atom. The average molecular weight is 435 g/mol. The molecule has 2 aliphatic rings. The van der Waals surface area contributed by atoms with Gasteiger partial charge in [-0.15, -0.1) is 11.3 Å². The quantitative estimate of drug-likeness (QED) is 0.531. The van der Waals surface area contributed by atoms with Crippen molar-refractivity contribution in [2.75, 3.05) is 16.6 Å². The smallest absolute Gasteiger partial charge is 0.266 e. The molecule has 6 nitrogen and oxygen atoms in total. The number of benzene rings is 2. The predicted molar refractivity (Wildman–Crippen MR) is 119 cm³/mol. The molecule has 2 aromatic carbocycles. The van der Waals surface area contributed by atoms with Crippen LogP contribution in [0.3, 0.4) is 0 Å². The number of anilines is 2. The minimum atomic E-state index is -0.851. The van der Waals surface area contributed by atoms with E-state index in [4.69, 9.17) is 9.57 Å². The van der Waals surface area contributed by atoms with Crippen molar-refractivity contribution >= 4 is 34.5 Å². The molecular weight excluding hydrogens is 412 g/mol. The Balaban J connectivity index is 1.47. The van der Waals surface area contributed by atoms with Gasteiger partial charge < -0.3 is 4.74 Å². The number of hydrogen-bond acceptors (Lipinski definition) is 6. The molecule has 0 unspecified atom stereocenters. The number of imide groups is 1. The molecule has 5 rings (SSSR count). The van der Waals surface area contributed by atoms with Crippen molar-refractivity contribution in [3.8, 4) is 5.75 Å². The molecule has 158 valence electrons. The zero-order valence-corrected chi connectivity index (χ0v) is 17.8. The molecule has 0 bridgehead atoms. The molecule has 1 aromatic heterocycles. The van der Waals surface area contributed by atoms with Gasteiger partial charge in [-0.1, -0.05) is 31.2 Å². The zero-order chi connectivity index (χ0) is 21.4. The number of fused-ring (bicyclic) bond motifs is 1. The molecule has 3 heterocycles. The predicted octanol–water partition coefficient (Wildman–Crippen LogP) is 4.59. The molecule has 7 heteroatoms. The van der Waals surface area contributed by atoms with Gasteiger partial charge in [-0.05, 0) is 54.3 Å². The summed E-state index contributed by atoms with van der Waals surface area (Å²) in [6.45, 7) is 2.66. The van der Waals surface area contributed by atoms with Crippen molar-refractivity contribution in [2.45, 2.75) is 25.5 Å². The summed E-state index contributed by atoms with van der Waals surface area (Å²) in [7, 11) is 0. The first kappa shape index (κ1) is 19.8. The number of ether oxygens (including phenoxy) is 1. The lowest BCUT2D eigenvalue weighted by Crippen LogP contribution is -2.37. The van der Waals surface area contributed by atoms with Crippen LogP contribution < -0.4 is 14.7 Å². The fourth-order valence-corrected chi connectivity index (χ4v) is 4.98. The number of rotatable bonds is 6. The van der Waals surface area contributed by atoms with Gasteiger partial charge in [-0.25, -0.2) is 9.96 Å². The van der Waals surface area contributed by atoms with Gasteiger partial charge in [0.2, 0.25) is 5.91 Å². The van der Waals surface area contributed by atoms with Crippen molar-refractivity contribution in [1.82, 2.24) is 0 Å². The highest BCUT2D eigenvalue weighted by molar-refractivity contribution is 7.10. The molecule has 31 heavy (non-hydrogen) atoms. The van der Waals surface area contributed by atoms with E-state index in [-0.39, 0.29) is 17.9 Å². The Hall–Kier alpha value is -3.16. The standard InChI is InChI=1S/C24H22N2O4S/c1-2-14-29-18-12-10-16(11-13-18)25-23(27)20-21(19-9-6-15-31-19)26(30-22(20)24(25)28)17-7-4-3-5-8-17/h3-13,15,20-22H,2,14H2,1H3/t20-,21+,22+/m1/s1. The van der Waals surface area contributed by atoms with Gasteiger partial charge in [0.25, 0.3) is 5.91 Å². The number of hydrogen-bond donors (Lipinski definition) is 0. The van der Waals surface area contributed by atoms with Crippen LogP contribution in [0.15, 0.2) is 72.1 Å². The molecule has 3 atom stereocenters. The summed E-state index contributed by atoms with van der Waals surface area (Å²) in [5.74, 6) is -0.471. The lowest BCUT2D eigenvalue weighted by Gasteiger charge is -2.27. The van der Waals surface area contributed by atoms with Crippen LogP contribution in [0, 0.1) is 5.92 Å². The third-order valence-electron chi connectivity index (χ3n) is 5.53. The number of carbonyl (C=O) groups excluding carboxylic acids is 2. The normalized spacial score (nSPS) is 22.8. The van der Waals surface area contributed by atoms with E-state index >= 15 is 0 Å². The third kappa shape index (κ3) is 3.40. The molecule has 2 saturated heterocycles. The second-order valence-electron chi connectivity index (χ2n) is 7.53. The maximum atomic E-state index is 13.5. The number of nitrogens with zero attached hydrogens (tertiary/aromatic N) is 2. The van der Waals surface area contributed by atoms with Crippen LogP contribution >= 0.6 is 11.3 Å². The van der Waals surface area contributed by atoms with Crippen molar-refractivity contribution in [1.29, 1.82) is 0 Å². The van der Waals surface area contributed by atoms with Crippen LogP contribution in [0.5, 0.6) is 5.75 Å². The Morgan fingerprint density at radius 1 is 0.935 bits per heavy atom. The molecule has 2 aliphatic heterocycles. The first-order chi connectivity index (χ1) is 15.2. The van der Waals surface area contributed by atoms with Gasteiger partial charge in [0.1, 0.15) is 17.7 Å². The number of carbonyl (C=O) groups is 2. The van der Waals surface area contributed by atoms with E-state index < -0.39 is 12.0 Å². The first-order valence-corrected chi connectivity index (χ1v) is 11.2. The molecule has 2 fully saturated rings. The van der Waals surface area contributed by atoms with Crippen LogP contribution in [-0.4, -0.2) is 24.5 Å². The third-order valence-corrected chi connectivity index (χ3v) is 6.47. The molecule has 0 aliphatic carbocycles. The van der Waals surface area contributed by atoms with Gasteiger partial charge in [0.15, 0.2) is 6.10 Å². The highest BCUT2D eigenvalue weighted by atomic mass is 32.1. The van der Waals surface area contributed by atoms with Gasteiger partial charge in [-0.2, -0.15) is 0 Å². The van der Waals surface area contributed by atoms with Crippen molar-refractivity contribution in [2.24, 2.45) is 5.92 Å². The number of amides is 2. The number of thiophene rings is 1. The van der Waals surface area contributed by atoms with E-state index in [0.717, 1.165) is 17.0 Å². The molecule has 3 aromatic rings. The lowest BCUT2D eigenvalue weighted by atomic mass is 9.95. The topological polar surface area (TPSA) is 59.1 Å². The Morgan fingerprint density at radius 3 is 2.39 bits per heavy atom. The number of para-hydroxylation sites is 1. The summed E-state index contributed by atoms with van der Waals surface area (Å²) >= 11 is 1.56. The Kier molecular flexibility index (Phi) is 5.21. The van der Waals surface area contributed by atoms with Crippen molar-refractivity contribution < 1.29 is 19.2 Å². The fraction of sp³-hybridized carbons (Fsp3) is 0.250. The van der Waals surface area contributed by atoms with E-state index in [1.807, 2.05) is 54.8 Å². The van der Waals surface area contributed by atoms with Gasteiger partial charge >= 0.3 is 0 Å². The highest BCUT2D eigenvalue weighted by Gasteiger charge is 2.60. The summed E-state index contributed by atoms with van der Waals surface area (Å²) in [6, 6.07) is 20.2. The van der Waals surface area contributed by atoms with E-state index in [2.05, 4.69) is 0 Å². The van der Waals surface area contributed by atoms with E-state index in [9.17, 15) is 9.59 Å². The summed E-state index contributed by atoms with van der Waals surface area (Å²) in [6.07, 6.45) is 0.0592. The van der Waals surface area contributed by atoms with Gasteiger partial charge in [-0.3, -0.25) is 14.4 Å². The fourth-order valence-electron chi connectivity index (χ4n) is 4.13. The Labute approximate surface area is 184 Å². The monoisotopic (exact) mass is 434 g/mol. The van der Waals surface area contributed by atoms with Crippen LogP contribution in [-0.2, 0) is 14.4 Å². The summed E-state index contributed by atoms with van der Waals surface area (Å²) < 4.78 is 5.61. The SMILES string of the molecule is CCCOc1ccc(N2C(=O)[C@H]3[C@H](ON(c4ccccc4)[C@H]3c3cccs3)C2=O)cc1. The zero-order valence-electron chi connectivity index (χ0n) is 17.0. The van der Waals surface area contributed by atoms with Gasteiger partial charge in [0.05, 0.1) is 18.0 Å². The maximum absolute atomic E-state index is 13.5. The van der Waals surface area contributed by atoms with Crippen LogP contribution in [0.4, 0.5) is 11.4 Å². The molecule has 2 amide bonds. The molecular formula is C24H22N2O4S. The molecule has 0 spiro atoms. The number of hydroxylamine groups is 1. The van der Waals surface area contributed by atoms with Crippen molar-refractivity contribution in [3.63, 3.8) is 0 Å². The second kappa shape index (κ2) is 8.17. The van der Waals surface area contributed by atoms with E-state index in [1.165, 1.54) is 4.90 Å². The molecule has 0 N–H and O–H groups in total.